The van der Waals surface area contributed by atoms with Crippen molar-refractivity contribution in [3.63, 3.8) is 0 Å². The molecule has 18 heavy (non-hydrogen) atoms. The maximum atomic E-state index is 11.8. The molecule has 0 N–H and O–H groups in total. The number of imidazole rings is 1. The van der Waals surface area contributed by atoms with E-state index in [1.54, 1.807) is 12.1 Å². The van der Waals surface area contributed by atoms with Crippen molar-refractivity contribution >= 4 is 27.1 Å². The van der Waals surface area contributed by atoms with E-state index in [2.05, 4.69) is 4.98 Å². The fourth-order valence-corrected chi connectivity index (χ4v) is 4.44. The van der Waals surface area contributed by atoms with Crippen LogP contribution >= 0.6 is 11.6 Å². The van der Waals surface area contributed by atoms with Gasteiger partial charge < -0.3 is 4.40 Å². The van der Waals surface area contributed by atoms with Crippen LogP contribution in [0.15, 0.2) is 24.5 Å². The number of aromatic nitrogens is 2. The number of pyridine rings is 1. The minimum atomic E-state index is -2.91. The first-order valence-electron chi connectivity index (χ1n) is 5.89. The van der Waals surface area contributed by atoms with Crippen molar-refractivity contribution in [2.45, 2.75) is 24.5 Å². The zero-order valence-electron chi connectivity index (χ0n) is 9.71. The molecule has 1 aliphatic rings. The van der Waals surface area contributed by atoms with E-state index in [1.807, 2.05) is 16.8 Å². The lowest BCUT2D eigenvalue weighted by molar-refractivity contribution is 0.587. The van der Waals surface area contributed by atoms with Gasteiger partial charge in [-0.05, 0) is 25.0 Å². The molecule has 0 bridgehead atoms. The summed E-state index contributed by atoms with van der Waals surface area (Å²) in [5.41, 5.74) is 1.57. The predicted molar refractivity (Wildman–Crippen MR) is 70.7 cm³/mol. The largest absolute Gasteiger partial charge is 0.307 e. The molecular formula is C12H13ClN2O2S. The average Bonchev–Trinajstić information content (AvgIpc) is 2.82. The van der Waals surface area contributed by atoms with Crippen LogP contribution in [0.2, 0.25) is 5.02 Å². The summed E-state index contributed by atoms with van der Waals surface area (Å²) in [7, 11) is -2.91. The van der Waals surface area contributed by atoms with Gasteiger partial charge in [-0.25, -0.2) is 13.4 Å². The lowest BCUT2D eigenvalue weighted by Gasteiger charge is -2.05. The molecular weight excluding hydrogens is 272 g/mol. The van der Waals surface area contributed by atoms with Crippen molar-refractivity contribution in [2.75, 3.05) is 5.75 Å². The number of sulfone groups is 1. The molecule has 0 radical (unpaired) electrons. The highest BCUT2D eigenvalue weighted by molar-refractivity contribution is 7.92. The van der Waals surface area contributed by atoms with Crippen LogP contribution in [0, 0.1) is 0 Å². The number of hydrogen-bond acceptors (Lipinski definition) is 3. The first-order valence-corrected chi connectivity index (χ1v) is 7.99. The van der Waals surface area contributed by atoms with Gasteiger partial charge in [0.2, 0.25) is 0 Å². The van der Waals surface area contributed by atoms with Crippen molar-refractivity contribution in [2.24, 2.45) is 0 Å². The monoisotopic (exact) mass is 284 g/mol. The molecule has 3 rings (SSSR count). The molecule has 1 fully saturated rings. The normalized spacial score (nSPS) is 22.6. The third-order valence-corrected chi connectivity index (χ3v) is 5.88. The molecule has 0 aliphatic carbocycles. The van der Waals surface area contributed by atoms with Crippen LogP contribution in [0.25, 0.3) is 5.65 Å². The first-order chi connectivity index (χ1) is 8.54. The van der Waals surface area contributed by atoms with E-state index in [-0.39, 0.29) is 5.25 Å². The summed E-state index contributed by atoms with van der Waals surface area (Å²) in [6, 6.07) is 3.56. The Balaban J connectivity index is 1.91. The second-order valence-electron chi connectivity index (χ2n) is 4.68. The Bertz CT molecular complexity index is 693. The Morgan fingerprint density at radius 2 is 2.33 bits per heavy atom. The summed E-state index contributed by atoms with van der Waals surface area (Å²) in [5.74, 6) is 0.316. The van der Waals surface area contributed by atoms with Gasteiger partial charge in [0.25, 0.3) is 0 Å². The standard InChI is InChI=1S/C12H13ClN2O2S/c13-9-3-4-15-8-10(14-12(15)6-9)7-11-2-1-5-18(11,16)17/h3-4,6,8,11H,1-2,5,7H2. The minimum absolute atomic E-state index is 0.266. The number of nitrogens with zero attached hydrogens (tertiary/aromatic N) is 2. The highest BCUT2D eigenvalue weighted by atomic mass is 35.5. The molecule has 1 aliphatic heterocycles. The van der Waals surface area contributed by atoms with E-state index < -0.39 is 9.84 Å². The van der Waals surface area contributed by atoms with Crippen LogP contribution in [0.4, 0.5) is 0 Å². The third-order valence-electron chi connectivity index (χ3n) is 3.37. The third kappa shape index (κ3) is 2.12. The van der Waals surface area contributed by atoms with Crippen LogP contribution in [0.1, 0.15) is 18.5 Å². The van der Waals surface area contributed by atoms with Gasteiger partial charge >= 0.3 is 0 Å². The summed E-state index contributed by atoms with van der Waals surface area (Å²) in [4.78, 5) is 4.42. The van der Waals surface area contributed by atoms with Crippen LogP contribution < -0.4 is 0 Å². The molecule has 3 heterocycles. The summed E-state index contributed by atoms with van der Waals surface area (Å²) in [5, 5.41) is 0.367. The van der Waals surface area contributed by atoms with Gasteiger partial charge in [-0.15, -0.1) is 0 Å². The molecule has 2 aromatic heterocycles. The number of fused-ring (bicyclic) bond motifs is 1. The lowest BCUT2D eigenvalue weighted by atomic mass is 10.2. The minimum Gasteiger partial charge on any atom is -0.307 e. The highest BCUT2D eigenvalue weighted by Crippen LogP contribution is 2.23. The second-order valence-corrected chi connectivity index (χ2v) is 7.52. The smallest absolute Gasteiger partial charge is 0.153 e. The SMILES string of the molecule is O=S1(=O)CCCC1Cc1cn2ccc(Cl)cc2n1. The molecule has 2 aromatic rings. The van der Waals surface area contributed by atoms with Crippen LogP contribution in [-0.4, -0.2) is 28.8 Å². The van der Waals surface area contributed by atoms with Crippen molar-refractivity contribution in [3.8, 4) is 0 Å². The fourth-order valence-electron chi connectivity index (χ4n) is 2.43. The first kappa shape index (κ1) is 12.0. The highest BCUT2D eigenvalue weighted by Gasteiger charge is 2.31. The second kappa shape index (κ2) is 4.24. The number of rotatable bonds is 2. The Morgan fingerprint density at radius 3 is 3.06 bits per heavy atom. The van der Waals surface area contributed by atoms with Gasteiger partial charge in [-0.2, -0.15) is 0 Å². The predicted octanol–water partition coefficient (Wildman–Crippen LogP) is 2.11. The maximum absolute atomic E-state index is 11.8. The molecule has 1 atom stereocenters. The summed E-state index contributed by atoms with van der Waals surface area (Å²) < 4.78 is 25.4. The average molecular weight is 285 g/mol. The molecule has 0 amide bonds. The Morgan fingerprint density at radius 1 is 1.50 bits per heavy atom. The molecule has 0 aromatic carbocycles. The van der Waals surface area contributed by atoms with Gasteiger partial charge in [-0.1, -0.05) is 11.6 Å². The summed E-state index contributed by atoms with van der Waals surface area (Å²) >= 11 is 5.89. The zero-order valence-corrected chi connectivity index (χ0v) is 11.3. The Kier molecular flexibility index (Phi) is 2.83. The molecule has 0 spiro atoms. The molecule has 1 unspecified atom stereocenters. The van der Waals surface area contributed by atoms with E-state index in [4.69, 9.17) is 11.6 Å². The van der Waals surface area contributed by atoms with Crippen molar-refractivity contribution in [1.82, 2.24) is 9.38 Å². The molecule has 4 nitrogen and oxygen atoms in total. The molecule has 0 saturated carbocycles. The van der Waals surface area contributed by atoms with Gasteiger partial charge in [-0.3, -0.25) is 0 Å². The van der Waals surface area contributed by atoms with E-state index in [1.165, 1.54) is 0 Å². The Hall–Kier alpha value is -1.07. The summed E-state index contributed by atoms with van der Waals surface area (Å²) in [6.45, 7) is 0. The lowest BCUT2D eigenvalue weighted by Crippen LogP contribution is -2.18. The van der Waals surface area contributed by atoms with Crippen LogP contribution in [-0.2, 0) is 16.3 Å². The van der Waals surface area contributed by atoms with Gasteiger partial charge in [0.05, 0.1) is 16.7 Å². The number of halogens is 1. The van der Waals surface area contributed by atoms with Crippen molar-refractivity contribution < 1.29 is 8.42 Å². The van der Waals surface area contributed by atoms with Gasteiger partial charge in [0, 0.05) is 23.8 Å². The Labute approximate surface area is 111 Å². The van der Waals surface area contributed by atoms with Gasteiger partial charge in [0.1, 0.15) is 5.65 Å². The van der Waals surface area contributed by atoms with Crippen molar-refractivity contribution in [3.05, 3.63) is 35.2 Å². The molecule has 1 saturated heterocycles. The van der Waals surface area contributed by atoms with E-state index in [0.29, 0.717) is 17.2 Å². The van der Waals surface area contributed by atoms with E-state index in [0.717, 1.165) is 24.2 Å². The van der Waals surface area contributed by atoms with Crippen LogP contribution in [0.3, 0.4) is 0 Å². The fraction of sp³-hybridized carbons (Fsp3) is 0.417. The van der Waals surface area contributed by atoms with E-state index in [9.17, 15) is 8.42 Å². The van der Waals surface area contributed by atoms with E-state index >= 15 is 0 Å². The van der Waals surface area contributed by atoms with Crippen LogP contribution in [0.5, 0.6) is 0 Å². The number of hydrogen-bond donors (Lipinski definition) is 0. The van der Waals surface area contributed by atoms with Gasteiger partial charge in [0.15, 0.2) is 9.84 Å². The topological polar surface area (TPSA) is 51.4 Å². The maximum Gasteiger partial charge on any atom is 0.153 e. The quantitative estimate of drug-likeness (QED) is 0.849. The zero-order chi connectivity index (χ0) is 12.8. The molecule has 96 valence electrons. The van der Waals surface area contributed by atoms with Crippen molar-refractivity contribution in [1.29, 1.82) is 0 Å². The summed E-state index contributed by atoms with van der Waals surface area (Å²) in [6.07, 6.45) is 5.72. The molecule has 6 heteroatoms.